The summed E-state index contributed by atoms with van der Waals surface area (Å²) in [6, 6.07) is 28.4. The van der Waals surface area contributed by atoms with Crippen molar-refractivity contribution in [3.8, 4) is 0 Å². The quantitative estimate of drug-likeness (QED) is 0.572. The van der Waals surface area contributed by atoms with Crippen LogP contribution in [0.3, 0.4) is 0 Å². The number of benzene rings is 3. The lowest BCUT2D eigenvalue weighted by Crippen LogP contribution is -2.30. The molecule has 1 N–H and O–H groups in total. The lowest BCUT2D eigenvalue weighted by Gasteiger charge is -2.21. The van der Waals surface area contributed by atoms with Gasteiger partial charge in [0.05, 0.1) is 6.04 Å². The summed E-state index contributed by atoms with van der Waals surface area (Å²) in [4.78, 5) is 13.8. The van der Waals surface area contributed by atoms with E-state index in [-0.39, 0.29) is 11.9 Å². The van der Waals surface area contributed by atoms with Crippen molar-refractivity contribution in [2.24, 2.45) is 0 Å². The SMILES string of the molecule is Cc1ccccc1[C@@H](NC(=O)CCSc1ccccc1)c1ccccc1. The number of nitrogens with one attached hydrogen (secondary N) is 1. The first kappa shape index (κ1) is 18.3. The van der Waals surface area contributed by atoms with Crippen LogP contribution in [-0.2, 0) is 4.79 Å². The molecular formula is C23H23NOS. The van der Waals surface area contributed by atoms with Crippen LogP contribution in [0.4, 0.5) is 0 Å². The van der Waals surface area contributed by atoms with Gasteiger partial charge in [0.1, 0.15) is 0 Å². The fourth-order valence-electron chi connectivity index (χ4n) is 2.91. The first-order chi connectivity index (χ1) is 12.7. The number of hydrogen-bond acceptors (Lipinski definition) is 2. The molecule has 0 aliphatic heterocycles. The lowest BCUT2D eigenvalue weighted by molar-refractivity contribution is -0.121. The molecule has 1 atom stereocenters. The van der Waals surface area contributed by atoms with Crippen LogP contribution in [0.1, 0.15) is 29.2 Å². The standard InChI is InChI=1S/C23H23NOS/c1-18-10-8-9-15-21(18)23(19-11-4-2-5-12-19)24-22(25)16-17-26-20-13-6-3-7-14-20/h2-15,23H,16-17H2,1H3,(H,24,25)/t23-/m0/s1. The molecule has 0 heterocycles. The zero-order chi connectivity index (χ0) is 18.2. The highest BCUT2D eigenvalue weighted by Crippen LogP contribution is 2.25. The van der Waals surface area contributed by atoms with E-state index in [9.17, 15) is 4.79 Å². The van der Waals surface area contributed by atoms with Crippen molar-refractivity contribution < 1.29 is 4.79 Å². The molecule has 0 saturated carbocycles. The Bertz CT molecular complexity index is 833. The van der Waals surface area contributed by atoms with Gasteiger partial charge in [-0.3, -0.25) is 4.79 Å². The minimum Gasteiger partial charge on any atom is -0.345 e. The fraction of sp³-hybridized carbons (Fsp3) is 0.174. The zero-order valence-corrected chi connectivity index (χ0v) is 15.7. The molecular weight excluding hydrogens is 338 g/mol. The summed E-state index contributed by atoms with van der Waals surface area (Å²) in [5, 5.41) is 3.22. The molecule has 0 aliphatic rings. The maximum Gasteiger partial charge on any atom is 0.221 e. The highest BCUT2D eigenvalue weighted by molar-refractivity contribution is 7.99. The fourth-order valence-corrected chi connectivity index (χ4v) is 3.78. The third-order valence-electron chi connectivity index (χ3n) is 4.28. The van der Waals surface area contributed by atoms with Crippen molar-refractivity contribution in [3.05, 3.63) is 102 Å². The summed E-state index contributed by atoms with van der Waals surface area (Å²) in [5.74, 6) is 0.844. The molecule has 0 aliphatic carbocycles. The largest absolute Gasteiger partial charge is 0.345 e. The Kier molecular flexibility index (Phi) is 6.50. The van der Waals surface area contributed by atoms with Gasteiger partial charge in [-0.2, -0.15) is 0 Å². The molecule has 0 radical (unpaired) electrons. The number of rotatable bonds is 7. The van der Waals surface area contributed by atoms with E-state index in [1.165, 1.54) is 10.5 Å². The molecule has 1 amide bonds. The Morgan fingerprint density at radius 1 is 0.885 bits per heavy atom. The van der Waals surface area contributed by atoms with Gasteiger partial charge in [0.15, 0.2) is 0 Å². The maximum absolute atomic E-state index is 12.6. The number of aryl methyl sites for hydroxylation is 1. The molecule has 26 heavy (non-hydrogen) atoms. The van der Waals surface area contributed by atoms with Crippen molar-refractivity contribution >= 4 is 17.7 Å². The first-order valence-electron chi connectivity index (χ1n) is 8.82. The van der Waals surface area contributed by atoms with Crippen molar-refractivity contribution in [2.75, 3.05) is 5.75 Å². The van der Waals surface area contributed by atoms with E-state index in [0.29, 0.717) is 6.42 Å². The minimum absolute atomic E-state index is 0.0746. The monoisotopic (exact) mass is 361 g/mol. The molecule has 0 fully saturated rings. The van der Waals surface area contributed by atoms with E-state index in [1.54, 1.807) is 11.8 Å². The molecule has 0 spiro atoms. The van der Waals surface area contributed by atoms with Gasteiger partial charge in [-0.15, -0.1) is 11.8 Å². The van der Waals surface area contributed by atoms with Crippen molar-refractivity contribution in [2.45, 2.75) is 24.3 Å². The Balaban J connectivity index is 1.68. The van der Waals surface area contributed by atoms with Gasteiger partial charge in [-0.25, -0.2) is 0 Å². The normalized spacial score (nSPS) is 11.7. The van der Waals surface area contributed by atoms with Crippen molar-refractivity contribution in [1.29, 1.82) is 0 Å². The van der Waals surface area contributed by atoms with Crippen LogP contribution in [0.5, 0.6) is 0 Å². The first-order valence-corrected chi connectivity index (χ1v) is 9.80. The third-order valence-corrected chi connectivity index (χ3v) is 5.29. The van der Waals surface area contributed by atoms with Crippen molar-refractivity contribution in [1.82, 2.24) is 5.32 Å². The zero-order valence-electron chi connectivity index (χ0n) is 14.9. The predicted octanol–water partition coefficient (Wildman–Crippen LogP) is 5.38. The second-order valence-corrected chi connectivity index (χ2v) is 7.35. The molecule has 3 aromatic carbocycles. The molecule has 2 nitrogen and oxygen atoms in total. The highest BCUT2D eigenvalue weighted by atomic mass is 32.2. The van der Waals surface area contributed by atoms with Gasteiger partial charge in [-0.05, 0) is 35.7 Å². The Hall–Kier alpha value is -2.52. The summed E-state index contributed by atoms with van der Waals surface area (Å²) in [6.07, 6.45) is 0.495. The Morgan fingerprint density at radius 2 is 1.50 bits per heavy atom. The van der Waals surface area contributed by atoms with Gasteiger partial charge in [0, 0.05) is 17.1 Å². The summed E-state index contributed by atoms with van der Waals surface area (Å²) in [5.41, 5.74) is 3.42. The lowest BCUT2D eigenvalue weighted by atomic mass is 9.95. The minimum atomic E-state index is -0.119. The average molecular weight is 362 g/mol. The summed E-state index contributed by atoms with van der Waals surface area (Å²) < 4.78 is 0. The van der Waals surface area contributed by atoms with E-state index in [4.69, 9.17) is 0 Å². The molecule has 0 bridgehead atoms. The van der Waals surface area contributed by atoms with E-state index in [0.717, 1.165) is 16.9 Å². The van der Waals surface area contributed by atoms with Crippen LogP contribution in [-0.4, -0.2) is 11.7 Å². The Morgan fingerprint density at radius 3 is 2.19 bits per heavy atom. The van der Waals surface area contributed by atoms with Crippen LogP contribution < -0.4 is 5.32 Å². The van der Waals surface area contributed by atoms with Gasteiger partial charge in [0.2, 0.25) is 5.91 Å². The van der Waals surface area contributed by atoms with E-state index < -0.39 is 0 Å². The highest BCUT2D eigenvalue weighted by Gasteiger charge is 2.18. The van der Waals surface area contributed by atoms with Crippen LogP contribution in [0.15, 0.2) is 89.8 Å². The third kappa shape index (κ3) is 4.99. The molecule has 0 saturated heterocycles. The topological polar surface area (TPSA) is 29.1 Å². The van der Waals surface area contributed by atoms with Gasteiger partial charge in [-0.1, -0.05) is 72.8 Å². The summed E-state index contributed by atoms with van der Waals surface area (Å²) in [6.45, 7) is 2.09. The second-order valence-electron chi connectivity index (χ2n) is 6.18. The van der Waals surface area contributed by atoms with Gasteiger partial charge in [0.25, 0.3) is 0 Å². The van der Waals surface area contributed by atoms with Gasteiger partial charge >= 0.3 is 0 Å². The summed E-state index contributed by atoms with van der Waals surface area (Å²) >= 11 is 1.71. The molecule has 3 aromatic rings. The number of amides is 1. The molecule has 132 valence electrons. The van der Waals surface area contributed by atoms with E-state index in [2.05, 4.69) is 48.6 Å². The summed E-state index contributed by atoms with van der Waals surface area (Å²) in [7, 11) is 0. The van der Waals surface area contributed by atoms with Crippen LogP contribution in [0, 0.1) is 6.92 Å². The van der Waals surface area contributed by atoms with E-state index in [1.807, 2.05) is 48.5 Å². The predicted molar refractivity (Wildman–Crippen MR) is 109 cm³/mol. The number of hydrogen-bond donors (Lipinski definition) is 1. The Labute approximate surface area is 159 Å². The molecule has 0 unspecified atom stereocenters. The smallest absolute Gasteiger partial charge is 0.221 e. The van der Waals surface area contributed by atoms with Crippen LogP contribution in [0.25, 0.3) is 0 Å². The number of carbonyl (C=O) groups is 1. The van der Waals surface area contributed by atoms with Crippen molar-refractivity contribution in [3.63, 3.8) is 0 Å². The van der Waals surface area contributed by atoms with E-state index >= 15 is 0 Å². The number of thioether (sulfide) groups is 1. The average Bonchev–Trinajstić information content (AvgIpc) is 2.68. The molecule has 3 rings (SSSR count). The number of carbonyl (C=O) groups excluding carboxylic acids is 1. The second kappa shape index (κ2) is 9.25. The van der Waals surface area contributed by atoms with Gasteiger partial charge < -0.3 is 5.32 Å². The maximum atomic E-state index is 12.6. The molecule has 3 heteroatoms. The van der Waals surface area contributed by atoms with Crippen LogP contribution >= 0.6 is 11.8 Å². The molecule has 0 aromatic heterocycles. The van der Waals surface area contributed by atoms with Crippen LogP contribution in [0.2, 0.25) is 0 Å².